The molecule has 0 aromatic heterocycles. The van der Waals surface area contributed by atoms with Crippen molar-refractivity contribution in [1.29, 1.82) is 0 Å². The van der Waals surface area contributed by atoms with Crippen molar-refractivity contribution in [1.82, 2.24) is 0 Å². The molecule has 52 heavy (non-hydrogen) atoms. The van der Waals surface area contributed by atoms with Crippen molar-refractivity contribution in [3.8, 4) is 0 Å². The average Bonchev–Trinajstić information content (AvgIpc) is 3.61. The molecule has 0 fully saturated rings. The predicted octanol–water partition coefficient (Wildman–Crippen LogP) is 14.2. The number of rotatable bonds is 7. The molecular formula is C47H53AuN4+2. The standard InChI is InChI=1S/C27H36N2.C20H17N2.Au/c1-18(2)22-11-9-12-23(19(3)4)26(22)28-15-16-29(17-28)27-24(20(5)6)13-10-14-25(27)21(7)8;1-14-8-6-12-17-19(14)21-20-15(2)9-7-13-18(20)22(17)16-10-4-3-5-11-16;/h9-16,18-21H,1-8H3;3-13H,1-2H3;/q+2;-1;+1. The van der Waals surface area contributed by atoms with Crippen LogP contribution in [0.25, 0.3) is 5.32 Å². The Morgan fingerprint density at radius 1 is 0.481 bits per heavy atom. The fourth-order valence-corrected chi connectivity index (χ4v) is 7.18. The van der Waals surface area contributed by atoms with E-state index >= 15 is 0 Å². The molecule has 0 radical (unpaired) electrons. The third-order valence-electron chi connectivity index (χ3n) is 9.90. The van der Waals surface area contributed by atoms with Crippen LogP contribution in [0.5, 0.6) is 0 Å². The van der Waals surface area contributed by atoms with Gasteiger partial charge >= 0.3 is 28.4 Å². The third kappa shape index (κ3) is 7.68. The molecule has 2 aliphatic rings. The summed E-state index contributed by atoms with van der Waals surface area (Å²) in [5.74, 6) is 1.84. The Morgan fingerprint density at radius 2 is 0.846 bits per heavy atom. The molecule has 0 saturated heterocycles. The van der Waals surface area contributed by atoms with Gasteiger partial charge in [0, 0.05) is 39.3 Å². The Bertz CT molecular complexity index is 1970. The molecule has 2 heterocycles. The largest absolute Gasteiger partial charge is 1.00 e. The van der Waals surface area contributed by atoms with E-state index in [1.807, 2.05) is 6.07 Å². The summed E-state index contributed by atoms with van der Waals surface area (Å²) < 4.78 is 4.40. The average molecular weight is 871 g/mol. The minimum atomic E-state index is 0. The van der Waals surface area contributed by atoms with Crippen LogP contribution < -0.4 is 4.90 Å². The number of fused-ring (bicyclic) bond motifs is 2. The van der Waals surface area contributed by atoms with Gasteiger partial charge in [0.25, 0.3) is 12.4 Å². The van der Waals surface area contributed by atoms with Crippen LogP contribution in [0.15, 0.2) is 116 Å². The first-order valence-electron chi connectivity index (χ1n) is 18.5. The van der Waals surface area contributed by atoms with Crippen LogP contribution in [0, 0.1) is 13.8 Å². The zero-order valence-corrected chi connectivity index (χ0v) is 34.5. The summed E-state index contributed by atoms with van der Waals surface area (Å²) in [7, 11) is 0. The van der Waals surface area contributed by atoms with Gasteiger partial charge in [-0.05, 0) is 61.8 Å². The monoisotopic (exact) mass is 870 g/mol. The van der Waals surface area contributed by atoms with Crippen molar-refractivity contribution in [2.75, 3.05) is 4.90 Å². The normalized spacial score (nSPS) is 12.9. The minimum Gasteiger partial charge on any atom is -0.654 e. The maximum Gasteiger partial charge on any atom is 1.00 e. The van der Waals surface area contributed by atoms with Crippen molar-refractivity contribution in [2.24, 2.45) is 0 Å². The first-order chi connectivity index (χ1) is 24.5. The van der Waals surface area contributed by atoms with Crippen LogP contribution in [0.1, 0.15) is 112 Å². The van der Waals surface area contributed by atoms with E-state index in [0.717, 1.165) is 28.4 Å². The number of hydrogen-bond acceptors (Lipinski definition) is 1. The third-order valence-corrected chi connectivity index (χ3v) is 9.90. The number of anilines is 3. The number of para-hydroxylation sites is 5. The topological polar surface area (TPSA) is 23.4 Å². The van der Waals surface area contributed by atoms with Gasteiger partial charge in [0.2, 0.25) is 11.4 Å². The summed E-state index contributed by atoms with van der Waals surface area (Å²) in [4.78, 5) is 2.30. The molecule has 270 valence electrons. The Hall–Kier alpha value is -4.44. The van der Waals surface area contributed by atoms with Gasteiger partial charge in [0.05, 0.1) is 0 Å². The van der Waals surface area contributed by atoms with Gasteiger partial charge < -0.3 is 10.2 Å². The number of aryl methyl sites for hydroxylation is 2. The van der Waals surface area contributed by atoms with E-state index in [4.69, 9.17) is 5.32 Å². The van der Waals surface area contributed by atoms with Gasteiger partial charge in [-0.1, -0.05) is 155 Å². The molecule has 4 nitrogen and oxygen atoms in total. The Morgan fingerprint density at radius 3 is 1.21 bits per heavy atom. The van der Waals surface area contributed by atoms with Crippen molar-refractivity contribution >= 4 is 45.8 Å². The van der Waals surface area contributed by atoms with E-state index in [9.17, 15) is 0 Å². The Kier molecular flexibility index (Phi) is 12.3. The second-order valence-corrected chi connectivity index (χ2v) is 15.0. The Labute approximate surface area is 327 Å². The minimum absolute atomic E-state index is 0. The molecule has 5 aromatic carbocycles. The maximum atomic E-state index is 4.94. The molecular weight excluding hydrogens is 818 g/mol. The number of hydrogen-bond donors (Lipinski definition) is 0. The quantitative estimate of drug-likeness (QED) is 0.116. The number of benzene rings is 5. The van der Waals surface area contributed by atoms with Gasteiger partial charge in [-0.15, -0.1) is 11.4 Å². The molecule has 2 aliphatic heterocycles. The summed E-state index contributed by atoms with van der Waals surface area (Å²) in [6, 6.07) is 40.3. The maximum absolute atomic E-state index is 4.94. The molecule has 0 atom stereocenters. The first-order valence-corrected chi connectivity index (χ1v) is 18.5. The van der Waals surface area contributed by atoms with Crippen molar-refractivity contribution < 1.29 is 31.5 Å². The predicted molar refractivity (Wildman–Crippen MR) is 217 cm³/mol. The van der Waals surface area contributed by atoms with Crippen LogP contribution in [0.3, 0.4) is 0 Å². The smallest absolute Gasteiger partial charge is 0.654 e. The molecule has 0 unspecified atom stereocenters. The summed E-state index contributed by atoms with van der Waals surface area (Å²) in [6.45, 7) is 22.4. The SMILES string of the molecule is CC(C)c1cccc(C(C)C)c1[N+]1=C=[N+](c2c(C(C)C)cccc2C(C)C)C=C1.Cc1cccc2c1[N-]c1c(C)cccc1N2c1ccccc1.[Au+]. The second kappa shape index (κ2) is 16.5. The molecule has 0 spiro atoms. The van der Waals surface area contributed by atoms with E-state index < -0.39 is 0 Å². The van der Waals surface area contributed by atoms with Gasteiger partial charge in [0.1, 0.15) is 0 Å². The summed E-state index contributed by atoms with van der Waals surface area (Å²) in [5, 5.41) is 4.94. The van der Waals surface area contributed by atoms with Crippen LogP contribution in [-0.4, -0.2) is 15.2 Å². The fraction of sp³-hybridized carbons (Fsp3) is 0.298. The first kappa shape index (κ1) is 38.8. The molecule has 7 rings (SSSR count). The summed E-state index contributed by atoms with van der Waals surface area (Å²) in [5.41, 5.74) is 16.0. The molecule has 0 saturated carbocycles. The van der Waals surface area contributed by atoms with Crippen molar-refractivity contribution in [3.63, 3.8) is 0 Å². The van der Waals surface area contributed by atoms with E-state index in [1.54, 1.807) is 0 Å². The molecule has 0 amide bonds. The number of nitrogens with zero attached hydrogens (tertiary/aromatic N) is 4. The fourth-order valence-electron chi connectivity index (χ4n) is 7.18. The van der Waals surface area contributed by atoms with E-state index in [0.29, 0.717) is 23.7 Å². The molecule has 0 N–H and O–H groups in total. The zero-order valence-electron chi connectivity index (χ0n) is 32.4. The van der Waals surface area contributed by atoms with E-state index in [2.05, 4.69) is 199 Å². The van der Waals surface area contributed by atoms with Gasteiger partial charge in [-0.2, -0.15) is 0 Å². The van der Waals surface area contributed by atoms with Crippen molar-refractivity contribution in [3.05, 3.63) is 154 Å². The van der Waals surface area contributed by atoms with Gasteiger partial charge in [-0.25, -0.2) is 0 Å². The van der Waals surface area contributed by atoms with Crippen LogP contribution in [0.2, 0.25) is 0 Å². The molecule has 5 heteroatoms. The second-order valence-electron chi connectivity index (χ2n) is 15.0. The molecule has 5 aromatic rings. The van der Waals surface area contributed by atoms with E-state index in [1.165, 1.54) is 44.8 Å². The summed E-state index contributed by atoms with van der Waals surface area (Å²) >= 11 is 0. The summed E-state index contributed by atoms with van der Waals surface area (Å²) in [6.07, 6.45) is 4.32. The van der Waals surface area contributed by atoms with Crippen LogP contribution >= 0.6 is 0 Å². The van der Waals surface area contributed by atoms with Crippen LogP contribution in [0.4, 0.5) is 39.8 Å². The molecule has 0 bridgehead atoms. The van der Waals surface area contributed by atoms with E-state index in [-0.39, 0.29) is 22.4 Å². The van der Waals surface area contributed by atoms with Crippen LogP contribution in [-0.2, 0) is 22.4 Å². The Balaban J connectivity index is 0.000000204. The van der Waals surface area contributed by atoms with Crippen molar-refractivity contribution in [2.45, 2.75) is 92.9 Å². The van der Waals surface area contributed by atoms with Gasteiger partial charge in [0.15, 0.2) is 0 Å². The van der Waals surface area contributed by atoms with Gasteiger partial charge in [-0.3, -0.25) is 0 Å². The zero-order chi connectivity index (χ0) is 36.4. The molecule has 0 aliphatic carbocycles.